The van der Waals surface area contributed by atoms with Crippen molar-refractivity contribution in [2.45, 2.75) is 32.8 Å². The van der Waals surface area contributed by atoms with Gasteiger partial charge in [-0.05, 0) is 44.7 Å². The van der Waals surface area contributed by atoms with Gasteiger partial charge in [-0.15, -0.1) is 0 Å². The van der Waals surface area contributed by atoms with Crippen molar-refractivity contribution >= 4 is 11.7 Å². The van der Waals surface area contributed by atoms with E-state index in [-0.39, 0.29) is 17.4 Å². The topological polar surface area (TPSA) is 61.5 Å². The molecule has 1 aromatic carbocycles. The van der Waals surface area contributed by atoms with Crippen molar-refractivity contribution in [3.05, 3.63) is 23.5 Å². The van der Waals surface area contributed by atoms with Crippen molar-refractivity contribution < 1.29 is 18.7 Å². The molecule has 2 rings (SSSR count). The molecular formula is C14H18FNO3. The number of esters is 1. The van der Waals surface area contributed by atoms with Crippen LogP contribution in [-0.2, 0) is 4.74 Å². The molecule has 1 fully saturated rings. The lowest BCUT2D eigenvalue weighted by Crippen LogP contribution is -2.16. The monoisotopic (exact) mass is 267 g/mol. The van der Waals surface area contributed by atoms with Crippen LogP contribution in [0.1, 0.15) is 37.0 Å². The standard InChI is InChI=1S/C14H18FNO3/c1-8(2)19-14(17)12-10(15)5-6-11(13(12)16)18-7-9-3-4-9/h5-6,8-9H,3-4,7,16H2,1-2H3. The van der Waals surface area contributed by atoms with E-state index < -0.39 is 11.8 Å². The maximum absolute atomic E-state index is 13.7. The Balaban J connectivity index is 2.19. The van der Waals surface area contributed by atoms with Crippen LogP contribution in [0.25, 0.3) is 0 Å². The van der Waals surface area contributed by atoms with Crippen molar-refractivity contribution in [3.63, 3.8) is 0 Å². The van der Waals surface area contributed by atoms with Crippen LogP contribution >= 0.6 is 0 Å². The molecule has 1 aliphatic carbocycles. The molecule has 4 nitrogen and oxygen atoms in total. The summed E-state index contributed by atoms with van der Waals surface area (Å²) in [4.78, 5) is 11.8. The summed E-state index contributed by atoms with van der Waals surface area (Å²) in [5.74, 6) is -0.566. The van der Waals surface area contributed by atoms with E-state index in [0.29, 0.717) is 18.3 Å². The lowest BCUT2D eigenvalue weighted by molar-refractivity contribution is 0.0373. The number of nitrogens with two attached hydrogens (primary N) is 1. The van der Waals surface area contributed by atoms with Gasteiger partial charge in [0.25, 0.3) is 0 Å². The second-order valence-electron chi connectivity index (χ2n) is 5.04. The fourth-order valence-electron chi connectivity index (χ4n) is 1.67. The minimum atomic E-state index is -0.762. The van der Waals surface area contributed by atoms with Crippen LogP contribution in [-0.4, -0.2) is 18.7 Å². The molecule has 0 spiro atoms. The van der Waals surface area contributed by atoms with Crippen molar-refractivity contribution in [2.24, 2.45) is 5.92 Å². The molecule has 0 atom stereocenters. The highest BCUT2D eigenvalue weighted by atomic mass is 19.1. The molecule has 19 heavy (non-hydrogen) atoms. The molecule has 1 aromatic rings. The number of halogens is 1. The van der Waals surface area contributed by atoms with Gasteiger partial charge in [0.15, 0.2) is 0 Å². The summed E-state index contributed by atoms with van der Waals surface area (Å²) in [6.45, 7) is 3.94. The Bertz CT molecular complexity index is 484. The zero-order valence-corrected chi connectivity index (χ0v) is 11.1. The van der Waals surface area contributed by atoms with Crippen LogP contribution in [0.5, 0.6) is 5.75 Å². The third-order valence-electron chi connectivity index (χ3n) is 2.87. The van der Waals surface area contributed by atoms with Crippen molar-refractivity contribution in [2.75, 3.05) is 12.3 Å². The second kappa shape index (κ2) is 5.47. The van der Waals surface area contributed by atoms with Gasteiger partial charge in [-0.25, -0.2) is 9.18 Å². The van der Waals surface area contributed by atoms with Crippen LogP contribution in [0, 0.1) is 11.7 Å². The first-order valence-electron chi connectivity index (χ1n) is 6.40. The number of carbonyl (C=O) groups excluding carboxylic acids is 1. The molecule has 0 aliphatic heterocycles. The first-order valence-corrected chi connectivity index (χ1v) is 6.40. The Morgan fingerprint density at radius 2 is 2.16 bits per heavy atom. The van der Waals surface area contributed by atoms with E-state index in [2.05, 4.69) is 0 Å². The van der Waals surface area contributed by atoms with Crippen molar-refractivity contribution in [1.82, 2.24) is 0 Å². The van der Waals surface area contributed by atoms with Gasteiger partial charge in [-0.2, -0.15) is 0 Å². The summed E-state index contributed by atoms with van der Waals surface area (Å²) in [7, 11) is 0. The summed E-state index contributed by atoms with van der Waals surface area (Å²) in [5, 5.41) is 0. The summed E-state index contributed by atoms with van der Waals surface area (Å²) in [6, 6.07) is 2.62. The Morgan fingerprint density at radius 1 is 1.47 bits per heavy atom. The third-order valence-corrected chi connectivity index (χ3v) is 2.87. The number of ether oxygens (including phenoxy) is 2. The average Bonchev–Trinajstić information content (AvgIpc) is 3.11. The smallest absolute Gasteiger partial charge is 0.343 e. The van der Waals surface area contributed by atoms with Gasteiger partial charge in [-0.1, -0.05) is 0 Å². The molecule has 0 unspecified atom stereocenters. The highest BCUT2D eigenvalue weighted by Gasteiger charge is 2.25. The highest BCUT2D eigenvalue weighted by molar-refractivity contribution is 5.97. The quantitative estimate of drug-likeness (QED) is 0.658. The van der Waals surface area contributed by atoms with Crippen LogP contribution < -0.4 is 10.5 Å². The Kier molecular flexibility index (Phi) is 3.93. The van der Waals surface area contributed by atoms with Gasteiger partial charge in [0.1, 0.15) is 17.1 Å². The summed E-state index contributed by atoms with van der Waals surface area (Å²) >= 11 is 0. The normalized spacial score (nSPS) is 14.5. The number of hydrogen-bond acceptors (Lipinski definition) is 4. The van der Waals surface area contributed by atoms with Crippen LogP contribution in [0.3, 0.4) is 0 Å². The molecule has 0 aromatic heterocycles. The Hall–Kier alpha value is -1.78. The van der Waals surface area contributed by atoms with Gasteiger partial charge in [-0.3, -0.25) is 0 Å². The van der Waals surface area contributed by atoms with Gasteiger partial charge < -0.3 is 15.2 Å². The predicted molar refractivity (Wildman–Crippen MR) is 69.6 cm³/mol. The molecule has 104 valence electrons. The minimum Gasteiger partial charge on any atom is -0.491 e. The van der Waals surface area contributed by atoms with Crippen LogP contribution in [0.15, 0.2) is 12.1 Å². The van der Waals surface area contributed by atoms with E-state index >= 15 is 0 Å². The van der Waals surface area contributed by atoms with E-state index in [1.807, 2.05) is 0 Å². The largest absolute Gasteiger partial charge is 0.491 e. The SMILES string of the molecule is CC(C)OC(=O)c1c(F)ccc(OCC2CC2)c1N. The lowest BCUT2D eigenvalue weighted by Gasteiger charge is -2.14. The van der Waals surface area contributed by atoms with Gasteiger partial charge in [0.05, 0.1) is 18.4 Å². The molecular weight excluding hydrogens is 249 g/mol. The van der Waals surface area contributed by atoms with Crippen LogP contribution in [0.2, 0.25) is 0 Å². The first kappa shape index (κ1) is 13.6. The number of hydrogen-bond donors (Lipinski definition) is 1. The van der Waals surface area contributed by atoms with Gasteiger partial charge in [0, 0.05) is 0 Å². The predicted octanol–water partition coefficient (Wildman–Crippen LogP) is 2.76. The molecule has 5 heteroatoms. The number of anilines is 1. The fourth-order valence-corrected chi connectivity index (χ4v) is 1.67. The van der Waals surface area contributed by atoms with E-state index in [4.69, 9.17) is 15.2 Å². The number of carbonyl (C=O) groups is 1. The van der Waals surface area contributed by atoms with Crippen LogP contribution in [0.4, 0.5) is 10.1 Å². The third kappa shape index (κ3) is 3.36. The lowest BCUT2D eigenvalue weighted by atomic mass is 10.1. The summed E-state index contributed by atoms with van der Waals surface area (Å²) in [6.07, 6.45) is 1.95. The number of benzene rings is 1. The van der Waals surface area contributed by atoms with Gasteiger partial charge >= 0.3 is 5.97 Å². The molecule has 0 saturated heterocycles. The molecule has 0 amide bonds. The maximum atomic E-state index is 13.7. The van der Waals surface area contributed by atoms with E-state index in [1.165, 1.54) is 12.1 Å². The van der Waals surface area contributed by atoms with E-state index in [0.717, 1.165) is 12.8 Å². The fraction of sp³-hybridized carbons (Fsp3) is 0.500. The van der Waals surface area contributed by atoms with E-state index in [9.17, 15) is 9.18 Å². The molecule has 0 bridgehead atoms. The Morgan fingerprint density at radius 3 is 2.74 bits per heavy atom. The second-order valence-corrected chi connectivity index (χ2v) is 5.04. The molecule has 0 heterocycles. The summed E-state index contributed by atoms with van der Waals surface area (Å²) < 4.78 is 24.2. The summed E-state index contributed by atoms with van der Waals surface area (Å²) in [5.41, 5.74) is 5.56. The maximum Gasteiger partial charge on any atom is 0.343 e. The first-order chi connectivity index (χ1) is 8.99. The zero-order valence-electron chi connectivity index (χ0n) is 11.1. The Labute approximate surface area is 111 Å². The number of nitrogen functional groups attached to an aromatic ring is 1. The average molecular weight is 267 g/mol. The minimum absolute atomic E-state index is 0.00583. The highest BCUT2D eigenvalue weighted by Crippen LogP contribution is 2.33. The molecule has 1 aliphatic rings. The van der Waals surface area contributed by atoms with Crippen molar-refractivity contribution in [1.29, 1.82) is 0 Å². The van der Waals surface area contributed by atoms with E-state index in [1.54, 1.807) is 13.8 Å². The number of rotatable bonds is 5. The molecule has 2 N–H and O–H groups in total. The van der Waals surface area contributed by atoms with Crippen molar-refractivity contribution in [3.8, 4) is 5.75 Å². The zero-order chi connectivity index (χ0) is 14.0. The molecule has 1 saturated carbocycles. The molecule has 0 radical (unpaired) electrons. The van der Waals surface area contributed by atoms with Gasteiger partial charge in [0.2, 0.25) is 0 Å².